The molecule has 8 nitrogen and oxygen atoms in total. The van der Waals surface area contributed by atoms with Gasteiger partial charge in [-0.05, 0) is 76.1 Å². The molecule has 0 heterocycles. The number of ether oxygens (including phenoxy) is 8. The first-order valence-electron chi connectivity index (χ1n) is 21.7. The summed E-state index contributed by atoms with van der Waals surface area (Å²) in [6, 6.07) is 29.7. The van der Waals surface area contributed by atoms with Gasteiger partial charge in [-0.2, -0.15) is 0 Å². The van der Waals surface area contributed by atoms with Crippen molar-refractivity contribution in [3.05, 3.63) is 72.8 Å². The lowest BCUT2D eigenvalue weighted by Gasteiger charge is -2.35. The van der Waals surface area contributed by atoms with Gasteiger partial charge in [0.05, 0.1) is 95.0 Å². The van der Waals surface area contributed by atoms with E-state index in [1.165, 1.54) is 97.8 Å². The van der Waals surface area contributed by atoms with Gasteiger partial charge in [-0.25, -0.2) is 0 Å². The predicted molar refractivity (Wildman–Crippen MR) is 257 cm³/mol. The third-order valence-corrected chi connectivity index (χ3v) is 16.9. The lowest BCUT2D eigenvalue weighted by molar-refractivity contribution is 0.177. The van der Waals surface area contributed by atoms with E-state index in [2.05, 4.69) is 48.5 Å². The van der Waals surface area contributed by atoms with Gasteiger partial charge in [-0.3, -0.25) is 0 Å². The fraction of sp³-hybridized carbons (Fsp3) is 0.510. The number of methoxy groups -OCH3 is 8. The number of unbranched alkanes of at least 4 members (excludes halogenated alkanes) is 4. The van der Waals surface area contributed by atoms with E-state index >= 15 is 0 Å². The largest absolute Gasteiger partial charge is 0.493 e. The van der Waals surface area contributed by atoms with Crippen molar-refractivity contribution in [3.63, 3.8) is 0 Å². The highest BCUT2D eigenvalue weighted by molar-refractivity contribution is 6.56. The van der Waals surface area contributed by atoms with E-state index in [1.807, 2.05) is 24.3 Å². The fourth-order valence-electron chi connectivity index (χ4n) is 8.25. The van der Waals surface area contributed by atoms with Crippen molar-refractivity contribution in [2.75, 3.05) is 56.9 Å². The van der Waals surface area contributed by atoms with Crippen LogP contribution in [0.4, 0.5) is 0 Å². The average Bonchev–Trinajstić information content (AvgIpc) is 3.30. The first-order chi connectivity index (χ1) is 29.9. The van der Waals surface area contributed by atoms with Crippen molar-refractivity contribution < 1.29 is 37.9 Å². The molecule has 0 saturated heterocycles. The molecule has 4 aromatic rings. The van der Waals surface area contributed by atoms with Crippen molar-refractivity contribution in [2.24, 2.45) is 5.41 Å². The topological polar surface area (TPSA) is 73.8 Å². The van der Waals surface area contributed by atoms with E-state index in [9.17, 15) is 0 Å². The van der Waals surface area contributed by atoms with Crippen molar-refractivity contribution in [2.45, 2.75) is 101 Å². The van der Waals surface area contributed by atoms with Crippen LogP contribution in [0, 0.1) is 5.41 Å². The lowest BCUT2D eigenvalue weighted by Crippen LogP contribution is -2.23. The third kappa shape index (κ3) is 15.2. The fourth-order valence-corrected chi connectivity index (χ4v) is 13.4. The summed E-state index contributed by atoms with van der Waals surface area (Å²) in [4.78, 5) is 0. The molecular formula is C49H68O8Si4. The van der Waals surface area contributed by atoms with Crippen LogP contribution in [0.15, 0.2) is 72.8 Å². The van der Waals surface area contributed by atoms with Crippen LogP contribution < -0.4 is 58.6 Å². The summed E-state index contributed by atoms with van der Waals surface area (Å²) in [5.41, 5.74) is 0.321. The first kappa shape index (κ1) is 49.8. The molecule has 0 aliphatic carbocycles. The summed E-state index contributed by atoms with van der Waals surface area (Å²) in [6.45, 7) is 0. The molecule has 0 atom stereocenters. The molecule has 4 rings (SSSR count). The number of para-hydroxylation sites is 4. The van der Waals surface area contributed by atoms with Gasteiger partial charge in [0.1, 0.15) is 0 Å². The maximum Gasteiger partial charge on any atom is 0.160 e. The molecule has 12 heteroatoms. The molecule has 0 fully saturated rings. The number of rotatable bonds is 32. The normalized spacial score (nSPS) is 11.3. The molecule has 0 aliphatic rings. The summed E-state index contributed by atoms with van der Waals surface area (Å²) < 4.78 is 45.5. The average molecular weight is 897 g/mol. The number of hydrogen-bond donors (Lipinski definition) is 0. The Balaban J connectivity index is 1.46. The highest BCUT2D eigenvalue weighted by Gasteiger charge is 2.29. The molecule has 0 spiro atoms. The molecule has 328 valence electrons. The molecule has 0 amide bonds. The van der Waals surface area contributed by atoms with Gasteiger partial charge in [-0.1, -0.05) is 124 Å². The van der Waals surface area contributed by atoms with Crippen LogP contribution in [0.5, 0.6) is 46.0 Å². The maximum absolute atomic E-state index is 5.77. The second kappa shape index (κ2) is 28.0. The van der Waals surface area contributed by atoms with Gasteiger partial charge in [0.25, 0.3) is 0 Å². The number of hydrogen-bond acceptors (Lipinski definition) is 8. The number of benzene rings is 4. The summed E-state index contributed by atoms with van der Waals surface area (Å²) in [7, 11) is 16.6. The first-order valence-corrected chi connectivity index (χ1v) is 26.5. The van der Waals surface area contributed by atoms with Crippen LogP contribution >= 0.6 is 0 Å². The molecule has 61 heavy (non-hydrogen) atoms. The lowest BCUT2D eigenvalue weighted by atomic mass is 9.71. The Morgan fingerprint density at radius 3 is 0.738 bits per heavy atom. The van der Waals surface area contributed by atoms with E-state index in [4.69, 9.17) is 37.9 Å². The van der Waals surface area contributed by atoms with E-state index in [0.717, 1.165) is 70.2 Å². The van der Waals surface area contributed by atoms with Crippen LogP contribution in [-0.4, -0.2) is 95.0 Å². The van der Waals surface area contributed by atoms with Gasteiger partial charge in [-0.15, -0.1) is 0 Å². The summed E-state index contributed by atoms with van der Waals surface area (Å²) in [6.07, 6.45) is 14.9. The molecule has 4 aromatic carbocycles. The quantitative estimate of drug-likeness (QED) is 0.0357. The summed E-state index contributed by atoms with van der Waals surface area (Å²) in [5.74, 6) is 6.77. The molecule has 0 aliphatic heterocycles. The van der Waals surface area contributed by atoms with E-state index in [1.54, 1.807) is 56.9 Å². The molecule has 0 aromatic heterocycles. The molecule has 0 bridgehead atoms. The Labute approximate surface area is 377 Å². The molecular weight excluding hydrogens is 829 g/mol. The van der Waals surface area contributed by atoms with E-state index in [-0.39, 0.29) is 0 Å². The Kier molecular flexibility index (Phi) is 22.8. The van der Waals surface area contributed by atoms with Crippen LogP contribution in [-0.2, 0) is 0 Å². The standard InChI is InChI=1S/C49H68O8Si4/c1-50-37-21-17-25-41(45(37)54-5)58-33-13-9-29-49(30-10-14-34-59-42-26-18-22-38(51-2)46(42)55-6,31-11-15-35-60-43-27-19-23-39(52-3)47(43)56-7)32-12-16-36-61-44-28-20-24-40(53-4)48(44)57-8/h17-28H,9-16,29-36H2,1-8H3. The minimum absolute atomic E-state index is 0.321. The minimum atomic E-state index is 0.321. The zero-order valence-electron chi connectivity index (χ0n) is 38.0. The highest BCUT2D eigenvalue weighted by atomic mass is 28.2. The van der Waals surface area contributed by atoms with Crippen molar-refractivity contribution >= 4 is 58.8 Å². The molecule has 0 N–H and O–H groups in total. The summed E-state index contributed by atoms with van der Waals surface area (Å²) >= 11 is 0. The van der Waals surface area contributed by atoms with Crippen LogP contribution in [0.3, 0.4) is 0 Å². The van der Waals surface area contributed by atoms with Gasteiger partial charge in [0.15, 0.2) is 46.0 Å². The Morgan fingerprint density at radius 1 is 0.311 bits per heavy atom. The van der Waals surface area contributed by atoms with Crippen molar-refractivity contribution in [1.29, 1.82) is 0 Å². The minimum Gasteiger partial charge on any atom is -0.493 e. The maximum atomic E-state index is 5.77. The van der Waals surface area contributed by atoms with E-state index < -0.39 is 0 Å². The highest BCUT2D eigenvalue weighted by Crippen LogP contribution is 2.42. The van der Waals surface area contributed by atoms with Gasteiger partial charge in [0.2, 0.25) is 0 Å². The zero-order chi connectivity index (χ0) is 43.7. The van der Waals surface area contributed by atoms with Gasteiger partial charge in [0, 0.05) is 0 Å². The van der Waals surface area contributed by atoms with Crippen LogP contribution in [0.2, 0.25) is 24.2 Å². The van der Waals surface area contributed by atoms with Crippen molar-refractivity contribution in [1.82, 2.24) is 0 Å². The van der Waals surface area contributed by atoms with E-state index in [0.29, 0.717) is 43.5 Å². The smallest absolute Gasteiger partial charge is 0.160 e. The van der Waals surface area contributed by atoms with Gasteiger partial charge >= 0.3 is 0 Å². The predicted octanol–water partition coefficient (Wildman–Crippen LogP) is 8.51. The second-order valence-corrected chi connectivity index (χ2v) is 20.8. The summed E-state index contributed by atoms with van der Waals surface area (Å²) in [5, 5.41) is 5.01. The van der Waals surface area contributed by atoms with Gasteiger partial charge < -0.3 is 37.9 Å². The molecule has 8 radical (unpaired) electrons. The Morgan fingerprint density at radius 2 is 0.541 bits per heavy atom. The van der Waals surface area contributed by atoms with Crippen LogP contribution in [0.25, 0.3) is 0 Å². The van der Waals surface area contributed by atoms with Crippen molar-refractivity contribution in [3.8, 4) is 46.0 Å². The third-order valence-electron chi connectivity index (χ3n) is 11.4. The molecule has 0 saturated carbocycles. The molecule has 0 unspecified atom stereocenters. The Hall–Kier alpha value is -3.85. The monoisotopic (exact) mass is 896 g/mol. The zero-order valence-corrected chi connectivity index (χ0v) is 42.0. The van der Waals surface area contributed by atoms with Crippen LogP contribution in [0.1, 0.15) is 77.0 Å². The Bertz CT molecular complexity index is 1590. The second-order valence-electron chi connectivity index (χ2n) is 15.2. The SMILES string of the molecule is COc1cccc([Si]CCCCC(CCCC[Si]c2cccc(OC)c2OC)(CCCC[Si]c2cccc(OC)c2OC)CCCC[Si]c2cccc(OC)c2OC)c1OC.